The number of nitrogens with zero attached hydrogens (tertiary/aromatic N) is 2. The van der Waals surface area contributed by atoms with E-state index < -0.39 is 51.0 Å². The highest BCUT2D eigenvalue weighted by molar-refractivity contribution is 7.85. The molecule has 0 radical (unpaired) electrons. The van der Waals surface area contributed by atoms with Crippen molar-refractivity contribution >= 4 is 10.8 Å². The Morgan fingerprint density at radius 2 is 1.88 bits per heavy atom. The number of hydrogen-bond donors (Lipinski definition) is 1. The van der Waals surface area contributed by atoms with E-state index in [4.69, 9.17) is 5.26 Å². The largest absolute Gasteiger partial charge is 0.400 e. The molecule has 0 aliphatic carbocycles. The fraction of sp³-hybridized carbons (Fsp3) is 0.267. The molecule has 2 rings (SSSR count). The molecule has 0 aliphatic rings. The van der Waals surface area contributed by atoms with E-state index in [9.17, 15) is 31.4 Å². The lowest BCUT2D eigenvalue weighted by Crippen LogP contribution is -2.33. The fourth-order valence-corrected chi connectivity index (χ4v) is 3.46. The van der Waals surface area contributed by atoms with Gasteiger partial charge in [0.15, 0.2) is 0 Å². The maximum Gasteiger partial charge on any atom is 0.400 e. The average molecular weight is 389 g/mol. The molecule has 138 valence electrons. The maximum atomic E-state index is 14.4. The number of halogens is 4. The normalized spacial score (nSPS) is 12.7. The first-order chi connectivity index (χ1) is 12.0. The second-order valence-corrected chi connectivity index (χ2v) is 6.76. The molecule has 26 heavy (non-hydrogen) atoms. The van der Waals surface area contributed by atoms with Crippen molar-refractivity contribution < 1.29 is 21.8 Å². The van der Waals surface area contributed by atoms with Crippen molar-refractivity contribution in [2.24, 2.45) is 0 Å². The number of alkyl halides is 3. The second-order valence-electron chi connectivity index (χ2n) is 5.34. The van der Waals surface area contributed by atoms with Crippen molar-refractivity contribution in [3.8, 4) is 11.8 Å². The molecule has 1 atom stereocenters. The summed E-state index contributed by atoms with van der Waals surface area (Å²) in [4.78, 5) is 25.2. The zero-order valence-electron chi connectivity index (χ0n) is 13.4. The monoisotopic (exact) mass is 389 g/mol. The summed E-state index contributed by atoms with van der Waals surface area (Å²) in [6.07, 6.45) is -4.70. The zero-order chi connectivity index (χ0) is 19.8. The first-order valence-electron chi connectivity index (χ1n) is 6.98. The number of aryl methyl sites for hydroxylation is 1. The van der Waals surface area contributed by atoms with Gasteiger partial charge in [-0.25, -0.2) is 9.18 Å². The van der Waals surface area contributed by atoms with Gasteiger partial charge < -0.3 is 0 Å². The van der Waals surface area contributed by atoms with Crippen LogP contribution in [0.4, 0.5) is 17.6 Å². The van der Waals surface area contributed by atoms with Crippen LogP contribution in [0.2, 0.25) is 0 Å². The molecule has 0 saturated carbocycles. The summed E-state index contributed by atoms with van der Waals surface area (Å²) < 4.78 is 64.5. The van der Waals surface area contributed by atoms with Gasteiger partial charge in [-0.1, -0.05) is 0 Å². The fourth-order valence-electron chi connectivity index (χ4n) is 2.35. The van der Waals surface area contributed by atoms with E-state index in [1.807, 2.05) is 4.98 Å². The van der Waals surface area contributed by atoms with Crippen molar-refractivity contribution in [1.82, 2.24) is 9.55 Å². The predicted molar refractivity (Wildman–Crippen MR) is 84.1 cm³/mol. The summed E-state index contributed by atoms with van der Waals surface area (Å²) in [7, 11) is -2.53. The molecule has 1 aromatic carbocycles. The molecule has 0 amide bonds. The molecule has 0 fully saturated rings. The Morgan fingerprint density at radius 1 is 1.27 bits per heavy atom. The molecule has 1 N–H and O–H groups in total. The molecule has 1 heterocycles. The van der Waals surface area contributed by atoms with Gasteiger partial charge in [-0.2, -0.15) is 18.4 Å². The van der Waals surface area contributed by atoms with Crippen LogP contribution < -0.4 is 11.2 Å². The molecule has 2 aromatic rings. The van der Waals surface area contributed by atoms with Crippen LogP contribution in [0.15, 0.2) is 26.6 Å². The van der Waals surface area contributed by atoms with Crippen molar-refractivity contribution in [1.29, 1.82) is 5.26 Å². The quantitative estimate of drug-likeness (QED) is 0.810. The Bertz CT molecular complexity index is 1060. The highest BCUT2D eigenvalue weighted by atomic mass is 32.2. The summed E-state index contributed by atoms with van der Waals surface area (Å²) in [5, 5.41) is 8.99. The van der Waals surface area contributed by atoms with Crippen LogP contribution in [0.3, 0.4) is 0 Å². The van der Waals surface area contributed by atoms with Gasteiger partial charge in [-0.15, -0.1) is 0 Å². The number of nitrogens with one attached hydrogen (secondary N) is 1. The van der Waals surface area contributed by atoms with Gasteiger partial charge in [-0.3, -0.25) is 18.6 Å². The van der Waals surface area contributed by atoms with E-state index in [2.05, 4.69) is 0 Å². The summed E-state index contributed by atoms with van der Waals surface area (Å²) in [5.41, 5.74) is -3.22. The Hall–Kier alpha value is -2.74. The summed E-state index contributed by atoms with van der Waals surface area (Å²) in [6.45, 7) is 2.49. The number of H-pyrrole nitrogens is 1. The number of aromatic amines is 1. The molecular formula is C15H11F4N3O3S. The Kier molecular flexibility index (Phi) is 5.18. The van der Waals surface area contributed by atoms with Gasteiger partial charge in [0.2, 0.25) is 0 Å². The van der Waals surface area contributed by atoms with Crippen molar-refractivity contribution in [3.05, 3.63) is 55.6 Å². The van der Waals surface area contributed by atoms with Crippen LogP contribution in [0.1, 0.15) is 16.8 Å². The summed E-state index contributed by atoms with van der Waals surface area (Å²) in [6, 6.07) is 3.25. The molecule has 0 saturated heterocycles. The third kappa shape index (κ3) is 3.75. The predicted octanol–water partition coefficient (Wildman–Crippen LogP) is 1.82. The lowest BCUT2D eigenvalue weighted by molar-refractivity contribution is -0.105. The molecular weight excluding hydrogens is 378 g/mol. The van der Waals surface area contributed by atoms with Crippen molar-refractivity contribution in [2.75, 3.05) is 5.75 Å². The Morgan fingerprint density at radius 3 is 2.42 bits per heavy atom. The minimum absolute atomic E-state index is 0.00414. The maximum absolute atomic E-state index is 14.4. The molecule has 0 bridgehead atoms. The minimum Gasteiger partial charge on any atom is -0.273 e. The number of hydrogen-bond acceptors (Lipinski definition) is 4. The van der Waals surface area contributed by atoms with Crippen LogP contribution in [0, 0.1) is 31.0 Å². The van der Waals surface area contributed by atoms with Crippen molar-refractivity contribution in [3.63, 3.8) is 0 Å². The van der Waals surface area contributed by atoms with E-state index in [0.29, 0.717) is 4.57 Å². The van der Waals surface area contributed by atoms with E-state index in [0.717, 1.165) is 12.1 Å². The zero-order valence-corrected chi connectivity index (χ0v) is 14.2. The third-order valence-electron chi connectivity index (χ3n) is 3.48. The lowest BCUT2D eigenvalue weighted by atomic mass is 10.2. The van der Waals surface area contributed by atoms with Gasteiger partial charge >= 0.3 is 11.9 Å². The third-order valence-corrected chi connectivity index (χ3v) is 5.00. The van der Waals surface area contributed by atoms with Crippen LogP contribution in [0.5, 0.6) is 0 Å². The SMILES string of the molecule is Cc1cc(F)c(-n2c(C)c(C#N)c(=O)[nH]c2=O)cc1S(=O)CC(F)(F)F. The molecule has 1 aromatic heterocycles. The smallest absolute Gasteiger partial charge is 0.273 e. The van der Waals surface area contributed by atoms with Crippen LogP contribution in [-0.4, -0.2) is 25.7 Å². The van der Waals surface area contributed by atoms with Gasteiger partial charge in [0.25, 0.3) is 5.56 Å². The van der Waals surface area contributed by atoms with Crippen LogP contribution in [0.25, 0.3) is 5.69 Å². The average Bonchev–Trinajstić information content (AvgIpc) is 2.47. The first kappa shape index (κ1) is 19.6. The summed E-state index contributed by atoms with van der Waals surface area (Å²) >= 11 is 0. The number of nitriles is 1. The molecule has 6 nitrogen and oxygen atoms in total. The number of rotatable bonds is 3. The van der Waals surface area contributed by atoms with E-state index in [1.54, 1.807) is 6.07 Å². The van der Waals surface area contributed by atoms with Gasteiger partial charge in [0, 0.05) is 10.6 Å². The number of benzene rings is 1. The van der Waals surface area contributed by atoms with Crippen molar-refractivity contribution in [2.45, 2.75) is 24.9 Å². The van der Waals surface area contributed by atoms with E-state index in [1.165, 1.54) is 13.8 Å². The molecule has 0 spiro atoms. The van der Waals surface area contributed by atoms with Crippen LogP contribution in [-0.2, 0) is 10.8 Å². The minimum atomic E-state index is -4.70. The first-order valence-corrected chi connectivity index (χ1v) is 8.30. The van der Waals surface area contributed by atoms with E-state index in [-0.39, 0.29) is 16.2 Å². The highest BCUT2D eigenvalue weighted by Gasteiger charge is 2.32. The highest BCUT2D eigenvalue weighted by Crippen LogP contribution is 2.25. The molecule has 11 heteroatoms. The van der Waals surface area contributed by atoms with E-state index >= 15 is 0 Å². The lowest BCUT2D eigenvalue weighted by Gasteiger charge is -2.15. The second kappa shape index (κ2) is 6.87. The van der Waals surface area contributed by atoms with Gasteiger partial charge in [-0.05, 0) is 31.5 Å². The standard InChI is InChI=1S/C15H11F4N3O3S/c1-7-3-10(16)11(4-12(7)26(25)6-15(17,18)19)22-8(2)9(5-20)13(23)21-14(22)24/h3-4H,6H2,1-2H3,(H,21,23,24). The molecule has 0 aliphatic heterocycles. The number of aromatic nitrogens is 2. The Labute approximate surface area is 146 Å². The summed E-state index contributed by atoms with van der Waals surface area (Å²) in [5.74, 6) is -2.63. The van der Waals surface area contributed by atoms with Gasteiger partial charge in [0.05, 0.1) is 16.5 Å². The topological polar surface area (TPSA) is 95.7 Å². The van der Waals surface area contributed by atoms with Crippen LogP contribution >= 0.6 is 0 Å². The van der Waals surface area contributed by atoms with Gasteiger partial charge in [0.1, 0.15) is 23.2 Å². The molecule has 1 unspecified atom stereocenters. The Balaban J connectivity index is 2.76.